The molecule has 0 aliphatic heterocycles. The number of aryl methyl sites for hydroxylation is 1. The van der Waals surface area contributed by atoms with E-state index in [0.717, 1.165) is 26.9 Å². The molecule has 0 bridgehead atoms. The maximum absolute atomic E-state index is 13.4. The molecule has 0 aromatic heterocycles. The number of alkyl halides is 1. The van der Waals surface area contributed by atoms with Gasteiger partial charge in [-0.15, -0.1) is 11.6 Å². The number of ether oxygens (including phenoxy) is 1. The molecule has 106 valence electrons. The van der Waals surface area contributed by atoms with E-state index in [0.29, 0.717) is 6.61 Å². The highest BCUT2D eigenvalue weighted by Crippen LogP contribution is 2.37. The predicted molar refractivity (Wildman–Crippen MR) is 84.1 cm³/mol. The summed E-state index contributed by atoms with van der Waals surface area (Å²) in [5.41, 5.74) is 2.63. The van der Waals surface area contributed by atoms with Crippen molar-refractivity contribution < 1.29 is 9.13 Å². The quantitative estimate of drug-likeness (QED) is 0.645. The average molecular weight is 358 g/mol. The summed E-state index contributed by atoms with van der Waals surface area (Å²) >= 11 is 10.0. The molecule has 0 saturated carbocycles. The third-order valence-corrected chi connectivity index (χ3v) is 4.23. The zero-order valence-electron chi connectivity index (χ0n) is 11.3. The van der Waals surface area contributed by atoms with Crippen LogP contribution in [0.5, 0.6) is 5.75 Å². The van der Waals surface area contributed by atoms with Crippen LogP contribution in [-0.2, 0) is 0 Å². The molecule has 0 heterocycles. The van der Waals surface area contributed by atoms with Gasteiger partial charge in [0.15, 0.2) is 0 Å². The summed E-state index contributed by atoms with van der Waals surface area (Å²) in [6.07, 6.45) is 0. The number of hydrogen-bond acceptors (Lipinski definition) is 1. The van der Waals surface area contributed by atoms with E-state index in [1.807, 2.05) is 32.0 Å². The van der Waals surface area contributed by atoms with E-state index in [1.165, 1.54) is 12.1 Å². The molecule has 2 aromatic rings. The van der Waals surface area contributed by atoms with Gasteiger partial charge in [-0.3, -0.25) is 0 Å². The van der Waals surface area contributed by atoms with Crippen molar-refractivity contribution >= 4 is 27.5 Å². The zero-order valence-corrected chi connectivity index (χ0v) is 13.6. The summed E-state index contributed by atoms with van der Waals surface area (Å²) in [7, 11) is 0. The molecule has 1 atom stereocenters. The Bertz CT molecular complexity index is 615. The molecule has 0 radical (unpaired) electrons. The topological polar surface area (TPSA) is 9.23 Å². The smallest absolute Gasteiger partial charge is 0.123 e. The zero-order chi connectivity index (χ0) is 14.7. The molecule has 2 aromatic carbocycles. The molecule has 1 nitrogen and oxygen atoms in total. The fraction of sp³-hybridized carbons (Fsp3) is 0.250. The highest BCUT2D eigenvalue weighted by molar-refractivity contribution is 9.10. The van der Waals surface area contributed by atoms with Crippen LogP contribution in [0.1, 0.15) is 29.0 Å². The first-order chi connectivity index (χ1) is 9.52. The van der Waals surface area contributed by atoms with Crippen LogP contribution < -0.4 is 4.74 Å². The summed E-state index contributed by atoms with van der Waals surface area (Å²) in [5, 5.41) is -0.407. The molecule has 0 aliphatic carbocycles. The van der Waals surface area contributed by atoms with Crippen molar-refractivity contribution in [1.29, 1.82) is 0 Å². The van der Waals surface area contributed by atoms with Crippen molar-refractivity contribution in [3.63, 3.8) is 0 Å². The van der Waals surface area contributed by atoms with Crippen LogP contribution in [-0.4, -0.2) is 6.61 Å². The molecule has 20 heavy (non-hydrogen) atoms. The molecule has 0 aliphatic rings. The van der Waals surface area contributed by atoms with Crippen LogP contribution in [0, 0.1) is 12.7 Å². The molecular formula is C16H15BrClFO. The van der Waals surface area contributed by atoms with Gasteiger partial charge in [-0.05, 0) is 54.8 Å². The number of rotatable bonds is 4. The van der Waals surface area contributed by atoms with Gasteiger partial charge in [-0.1, -0.05) is 28.1 Å². The fourth-order valence-electron chi connectivity index (χ4n) is 2.02. The fourth-order valence-corrected chi connectivity index (χ4v) is 3.17. The predicted octanol–water partition coefficient (Wildman–Crippen LogP) is 5.62. The van der Waals surface area contributed by atoms with Gasteiger partial charge in [0.25, 0.3) is 0 Å². The van der Waals surface area contributed by atoms with Gasteiger partial charge < -0.3 is 4.74 Å². The van der Waals surface area contributed by atoms with E-state index in [-0.39, 0.29) is 5.82 Å². The molecule has 1 unspecified atom stereocenters. The Morgan fingerprint density at radius 2 is 1.95 bits per heavy atom. The van der Waals surface area contributed by atoms with Gasteiger partial charge in [0.05, 0.1) is 12.0 Å². The van der Waals surface area contributed by atoms with Gasteiger partial charge in [0, 0.05) is 4.47 Å². The van der Waals surface area contributed by atoms with E-state index >= 15 is 0 Å². The Morgan fingerprint density at radius 1 is 1.20 bits per heavy atom. The van der Waals surface area contributed by atoms with Crippen LogP contribution in [0.2, 0.25) is 0 Å². The first-order valence-electron chi connectivity index (χ1n) is 6.35. The monoisotopic (exact) mass is 356 g/mol. The minimum absolute atomic E-state index is 0.279. The number of hydrogen-bond donors (Lipinski definition) is 0. The van der Waals surface area contributed by atoms with Crippen molar-refractivity contribution in [2.45, 2.75) is 19.2 Å². The van der Waals surface area contributed by atoms with Crippen molar-refractivity contribution in [3.8, 4) is 5.75 Å². The second kappa shape index (κ2) is 6.59. The van der Waals surface area contributed by atoms with E-state index < -0.39 is 5.38 Å². The summed E-state index contributed by atoms with van der Waals surface area (Å²) in [6, 6.07) is 10.3. The summed E-state index contributed by atoms with van der Waals surface area (Å²) in [6.45, 7) is 4.47. The first-order valence-corrected chi connectivity index (χ1v) is 7.58. The Hall–Kier alpha value is -1.06. The maximum atomic E-state index is 13.4. The van der Waals surface area contributed by atoms with E-state index in [9.17, 15) is 4.39 Å². The Labute approximate surface area is 131 Å². The highest BCUT2D eigenvalue weighted by atomic mass is 79.9. The minimum Gasteiger partial charge on any atom is -0.494 e. The third kappa shape index (κ3) is 3.33. The molecule has 0 N–H and O–H groups in total. The Kier molecular flexibility index (Phi) is 5.06. The SMILES string of the molecule is CCOc1ccc(C(Cl)c2cc(F)ccc2C)c(Br)c1. The number of halogens is 3. The second-order valence-corrected chi connectivity index (χ2v) is 5.77. The normalized spacial score (nSPS) is 12.2. The van der Waals surface area contributed by atoms with Crippen molar-refractivity contribution in [2.75, 3.05) is 6.61 Å². The third-order valence-electron chi connectivity index (χ3n) is 3.07. The minimum atomic E-state index is -0.407. The van der Waals surface area contributed by atoms with Gasteiger partial charge in [-0.2, -0.15) is 0 Å². The lowest BCUT2D eigenvalue weighted by Gasteiger charge is -2.16. The molecule has 2 rings (SSSR count). The standard InChI is InChI=1S/C16H15BrClFO/c1-3-20-12-6-7-13(15(17)9-12)16(18)14-8-11(19)5-4-10(14)2/h4-9,16H,3H2,1-2H3. The molecule has 4 heteroatoms. The van der Waals surface area contributed by atoms with Gasteiger partial charge in [-0.25, -0.2) is 4.39 Å². The van der Waals surface area contributed by atoms with Crippen LogP contribution in [0.25, 0.3) is 0 Å². The largest absolute Gasteiger partial charge is 0.494 e. The number of benzene rings is 2. The lowest BCUT2D eigenvalue weighted by Crippen LogP contribution is -1.99. The van der Waals surface area contributed by atoms with Crippen LogP contribution in [0.4, 0.5) is 4.39 Å². The first kappa shape index (κ1) is 15.3. The van der Waals surface area contributed by atoms with E-state index in [1.54, 1.807) is 6.07 Å². The molecule has 0 fully saturated rings. The van der Waals surface area contributed by atoms with Gasteiger partial charge in [0.2, 0.25) is 0 Å². The van der Waals surface area contributed by atoms with Crippen molar-refractivity contribution in [2.24, 2.45) is 0 Å². The average Bonchev–Trinajstić information content (AvgIpc) is 2.41. The van der Waals surface area contributed by atoms with Crippen LogP contribution in [0.15, 0.2) is 40.9 Å². The lowest BCUT2D eigenvalue weighted by molar-refractivity contribution is 0.340. The Morgan fingerprint density at radius 3 is 2.60 bits per heavy atom. The van der Waals surface area contributed by atoms with Gasteiger partial charge in [0.1, 0.15) is 11.6 Å². The molecule has 0 amide bonds. The Balaban J connectivity index is 2.38. The summed E-state index contributed by atoms with van der Waals surface area (Å²) < 4.78 is 19.7. The van der Waals surface area contributed by atoms with E-state index in [2.05, 4.69) is 15.9 Å². The lowest BCUT2D eigenvalue weighted by atomic mass is 10.00. The van der Waals surface area contributed by atoms with Crippen LogP contribution >= 0.6 is 27.5 Å². The molecule has 0 spiro atoms. The maximum Gasteiger partial charge on any atom is 0.123 e. The molecular weight excluding hydrogens is 343 g/mol. The highest BCUT2D eigenvalue weighted by Gasteiger charge is 2.17. The van der Waals surface area contributed by atoms with Crippen LogP contribution in [0.3, 0.4) is 0 Å². The van der Waals surface area contributed by atoms with Gasteiger partial charge >= 0.3 is 0 Å². The van der Waals surface area contributed by atoms with Crippen molar-refractivity contribution in [3.05, 3.63) is 63.4 Å². The summed E-state index contributed by atoms with van der Waals surface area (Å²) in [4.78, 5) is 0. The molecule has 0 saturated heterocycles. The van der Waals surface area contributed by atoms with E-state index in [4.69, 9.17) is 16.3 Å². The van der Waals surface area contributed by atoms with Crippen molar-refractivity contribution in [1.82, 2.24) is 0 Å². The second-order valence-electron chi connectivity index (χ2n) is 4.48. The summed E-state index contributed by atoms with van der Waals surface area (Å²) in [5.74, 6) is 0.501.